The summed E-state index contributed by atoms with van der Waals surface area (Å²) in [5.74, 6) is 6.49. The van der Waals surface area contributed by atoms with Gasteiger partial charge in [0.2, 0.25) is 11.8 Å². The van der Waals surface area contributed by atoms with E-state index >= 15 is 0 Å². The Morgan fingerprint density at radius 3 is 2.54 bits per heavy atom. The van der Waals surface area contributed by atoms with Crippen molar-refractivity contribution in [1.82, 2.24) is 15.0 Å². The number of nitrogens with zero attached hydrogens (tertiary/aromatic N) is 5. The van der Waals surface area contributed by atoms with Crippen LogP contribution in [0.3, 0.4) is 0 Å². The lowest BCUT2D eigenvalue weighted by molar-refractivity contribution is 0.0848. The fourth-order valence-corrected chi connectivity index (χ4v) is 5.77. The maximum absolute atomic E-state index is 14.3. The van der Waals surface area contributed by atoms with Crippen LogP contribution in [-0.4, -0.2) is 52.0 Å². The second-order valence-electron chi connectivity index (χ2n) is 8.55. The number of aryl methyl sites for hydroxylation is 1. The van der Waals surface area contributed by atoms with Gasteiger partial charge < -0.3 is 9.64 Å². The molecule has 3 heterocycles. The highest BCUT2D eigenvalue weighted by Gasteiger charge is 2.51. The molecule has 10 heteroatoms. The van der Waals surface area contributed by atoms with Crippen molar-refractivity contribution in [2.75, 3.05) is 30.9 Å². The van der Waals surface area contributed by atoms with E-state index in [1.807, 2.05) is 41.3 Å². The van der Waals surface area contributed by atoms with Gasteiger partial charge in [0.15, 0.2) is 5.17 Å². The number of hydrogen-bond donors (Lipinski definition) is 1. The molecule has 0 unspecified atom stereocenters. The van der Waals surface area contributed by atoms with Crippen LogP contribution in [0.2, 0.25) is 0 Å². The molecule has 2 atom stereocenters. The number of thioether (sulfide) groups is 1. The number of amides is 1. The van der Waals surface area contributed by atoms with Crippen LogP contribution < -0.4 is 15.5 Å². The number of aliphatic imine (C=N–C) groups is 1. The topological polar surface area (TPSA) is 96.9 Å². The first kappa shape index (κ1) is 23.3. The van der Waals surface area contributed by atoms with Gasteiger partial charge in [-0.2, -0.15) is 9.37 Å². The lowest BCUT2D eigenvalue weighted by Crippen LogP contribution is -2.47. The Balaban J connectivity index is 1.54. The summed E-state index contributed by atoms with van der Waals surface area (Å²) in [5.41, 5.74) is 1.05. The van der Waals surface area contributed by atoms with Crippen molar-refractivity contribution in [3.05, 3.63) is 83.3 Å². The zero-order valence-corrected chi connectivity index (χ0v) is 20.2. The summed E-state index contributed by atoms with van der Waals surface area (Å²) in [6, 6.07) is 18.9. The summed E-state index contributed by atoms with van der Waals surface area (Å²) < 4.78 is 19.4. The molecule has 2 aromatic carbocycles. The SMILES string of the molecule is COc1nc(N2C[C@H]3CSC(N(N)C(=O)c4ccccc4)=N[C@@]3(c3ccccc3)C2)nc(C)c1F. The summed E-state index contributed by atoms with van der Waals surface area (Å²) in [7, 11) is 1.39. The van der Waals surface area contributed by atoms with Crippen molar-refractivity contribution in [3.63, 3.8) is 0 Å². The molecule has 0 spiro atoms. The van der Waals surface area contributed by atoms with Crippen molar-refractivity contribution >= 4 is 28.8 Å². The number of methoxy groups -OCH3 is 1. The standard InChI is InChI=1S/C25H25FN6O2S/c1-16-20(26)21(34-2)29-23(28-16)31-13-19-14-35-24(32(27)22(33)17-9-5-3-6-10-17)30-25(19,15-31)18-11-7-4-8-12-18/h3-12,19H,13-15,27H2,1-2H3/t19-,25+/m0/s1. The Morgan fingerprint density at radius 2 is 1.86 bits per heavy atom. The molecule has 35 heavy (non-hydrogen) atoms. The van der Waals surface area contributed by atoms with Gasteiger partial charge in [-0.15, -0.1) is 0 Å². The highest BCUT2D eigenvalue weighted by molar-refractivity contribution is 8.13. The molecule has 1 aromatic heterocycles. The monoisotopic (exact) mass is 492 g/mol. The number of carbonyl (C=O) groups is 1. The van der Waals surface area contributed by atoms with E-state index in [1.165, 1.54) is 18.9 Å². The molecule has 2 aliphatic rings. The number of hydrogen-bond acceptors (Lipinski definition) is 8. The van der Waals surface area contributed by atoms with Gasteiger partial charge in [-0.1, -0.05) is 60.3 Å². The molecular formula is C25H25FN6O2S. The summed E-state index contributed by atoms with van der Waals surface area (Å²) in [5, 5.41) is 1.58. The summed E-state index contributed by atoms with van der Waals surface area (Å²) in [6.07, 6.45) is 0. The Kier molecular flexibility index (Phi) is 6.16. The third-order valence-electron chi connectivity index (χ3n) is 6.43. The van der Waals surface area contributed by atoms with Gasteiger partial charge in [0, 0.05) is 23.8 Å². The van der Waals surface area contributed by atoms with Crippen molar-refractivity contribution in [3.8, 4) is 5.88 Å². The first-order chi connectivity index (χ1) is 16.9. The van der Waals surface area contributed by atoms with Crippen molar-refractivity contribution < 1.29 is 13.9 Å². The minimum absolute atomic E-state index is 0.0868. The average molecular weight is 493 g/mol. The molecule has 2 N–H and O–H groups in total. The van der Waals surface area contributed by atoms with E-state index in [-0.39, 0.29) is 23.4 Å². The van der Waals surface area contributed by atoms with Gasteiger partial charge in [0.25, 0.3) is 11.8 Å². The maximum Gasteiger partial charge on any atom is 0.274 e. The van der Waals surface area contributed by atoms with Gasteiger partial charge in [0.1, 0.15) is 5.54 Å². The molecule has 1 saturated heterocycles. The van der Waals surface area contributed by atoms with E-state index in [0.717, 1.165) is 10.6 Å². The number of aromatic nitrogens is 2. The smallest absolute Gasteiger partial charge is 0.274 e. The van der Waals surface area contributed by atoms with Crippen LogP contribution >= 0.6 is 11.8 Å². The number of hydrazine groups is 1. The Labute approximate surface area is 207 Å². The second-order valence-corrected chi connectivity index (χ2v) is 9.53. The highest BCUT2D eigenvalue weighted by Crippen LogP contribution is 2.47. The molecule has 0 aliphatic carbocycles. The second kappa shape index (κ2) is 9.27. The number of ether oxygens (including phenoxy) is 1. The molecule has 0 radical (unpaired) electrons. The van der Waals surface area contributed by atoms with Crippen LogP contribution in [0.15, 0.2) is 65.7 Å². The van der Waals surface area contributed by atoms with E-state index in [4.69, 9.17) is 15.6 Å². The summed E-state index contributed by atoms with van der Waals surface area (Å²) in [4.78, 5) is 28.8. The van der Waals surface area contributed by atoms with Gasteiger partial charge in [-0.05, 0) is 24.6 Å². The van der Waals surface area contributed by atoms with Crippen molar-refractivity contribution in [2.24, 2.45) is 16.8 Å². The molecule has 0 saturated carbocycles. The quantitative estimate of drug-likeness (QED) is 0.339. The van der Waals surface area contributed by atoms with Gasteiger partial charge in [0.05, 0.1) is 19.3 Å². The first-order valence-electron chi connectivity index (χ1n) is 11.2. The third-order valence-corrected chi connectivity index (χ3v) is 7.54. The minimum atomic E-state index is -0.671. The summed E-state index contributed by atoms with van der Waals surface area (Å²) >= 11 is 1.45. The number of fused-ring (bicyclic) bond motifs is 1. The van der Waals surface area contributed by atoms with E-state index < -0.39 is 11.4 Å². The number of rotatable bonds is 4. The maximum atomic E-state index is 14.3. The molecule has 180 valence electrons. The van der Waals surface area contributed by atoms with Crippen LogP contribution in [0.4, 0.5) is 10.3 Å². The lowest BCUT2D eigenvalue weighted by Gasteiger charge is -2.36. The van der Waals surface area contributed by atoms with E-state index in [1.54, 1.807) is 31.2 Å². The number of carbonyl (C=O) groups excluding carboxylic acids is 1. The predicted molar refractivity (Wildman–Crippen MR) is 134 cm³/mol. The van der Waals surface area contributed by atoms with Gasteiger partial charge >= 0.3 is 0 Å². The number of nitrogens with two attached hydrogens (primary N) is 1. The van der Waals surface area contributed by atoms with Crippen LogP contribution in [0.1, 0.15) is 21.6 Å². The van der Waals surface area contributed by atoms with E-state index in [9.17, 15) is 9.18 Å². The molecule has 8 nitrogen and oxygen atoms in total. The molecule has 1 amide bonds. The predicted octanol–water partition coefficient (Wildman–Crippen LogP) is 3.38. The largest absolute Gasteiger partial charge is 0.479 e. The molecule has 1 fully saturated rings. The number of benzene rings is 2. The Bertz CT molecular complexity index is 1280. The zero-order chi connectivity index (χ0) is 24.6. The van der Waals surface area contributed by atoms with Gasteiger partial charge in [-0.25, -0.2) is 20.8 Å². The normalized spacial score (nSPS) is 21.3. The number of amidine groups is 1. The Morgan fingerprint density at radius 1 is 1.17 bits per heavy atom. The number of halogens is 1. The Hall–Kier alpha value is -3.50. The number of anilines is 1. The van der Waals surface area contributed by atoms with Gasteiger partial charge in [-0.3, -0.25) is 4.79 Å². The minimum Gasteiger partial charge on any atom is -0.479 e. The van der Waals surface area contributed by atoms with Crippen molar-refractivity contribution in [1.29, 1.82) is 0 Å². The van der Waals surface area contributed by atoms with Crippen LogP contribution in [-0.2, 0) is 5.54 Å². The average Bonchev–Trinajstić information content (AvgIpc) is 3.30. The fourth-order valence-electron chi connectivity index (χ4n) is 4.59. The van der Waals surface area contributed by atoms with Crippen LogP contribution in [0.25, 0.3) is 0 Å². The lowest BCUT2D eigenvalue weighted by atomic mass is 9.82. The molecule has 3 aromatic rings. The zero-order valence-electron chi connectivity index (χ0n) is 19.4. The van der Waals surface area contributed by atoms with E-state index in [0.29, 0.717) is 35.5 Å². The third kappa shape index (κ3) is 4.12. The fraction of sp³-hybridized carbons (Fsp3) is 0.280. The molecular weight excluding hydrogens is 467 g/mol. The van der Waals surface area contributed by atoms with Crippen LogP contribution in [0, 0.1) is 18.7 Å². The van der Waals surface area contributed by atoms with Crippen molar-refractivity contribution in [2.45, 2.75) is 12.5 Å². The molecule has 2 aliphatic heterocycles. The summed E-state index contributed by atoms with van der Waals surface area (Å²) in [6.45, 7) is 2.66. The molecule has 0 bridgehead atoms. The van der Waals surface area contributed by atoms with E-state index in [2.05, 4.69) is 9.97 Å². The highest BCUT2D eigenvalue weighted by atomic mass is 32.2. The first-order valence-corrected chi connectivity index (χ1v) is 12.2. The van der Waals surface area contributed by atoms with Crippen LogP contribution in [0.5, 0.6) is 5.88 Å². The molecule has 5 rings (SSSR count).